The van der Waals surface area contributed by atoms with Crippen LogP contribution in [0.5, 0.6) is 11.5 Å². The van der Waals surface area contributed by atoms with Gasteiger partial charge >= 0.3 is 5.69 Å². The summed E-state index contributed by atoms with van der Waals surface area (Å²) in [5.41, 5.74) is 1.63. The van der Waals surface area contributed by atoms with E-state index in [-0.39, 0.29) is 19.0 Å². The van der Waals surface area contributed by atoms with Gasteiger partial charge in [-0.3, -0.25) is 9.36 Å². The Hall–Kier alpha value is -4.14. The first-order chi connectivity index (χ1) is 15.5. The third kappa shape index (κ3) is 4.04. The molecule has 1 N–H and O–H groups in total. The molecule has 0 unspecified atom stereocenters. The summed E-state index contributed by atoms with van der Waals surface area (Å²) in [4.78, 5) is 30.1. The molecule has 4 rings (SSSR count). The number of fused-ring (bicyclic) bond motifs is 1. The molecule has 0 aliphatic rings. The van der Waals surface area contributed by atoms with Crippen LogP contribution >= 0.6 is 0 Å². The molecule has 2 aromatic heterocycles. The van der Waals surface area contributed by atoms with Crippen LogP contribution in [0.25, 0.3) is 16.9 Å². The third-order valence-electron chi connectivity index (χ3n) is 5.04. The van der Waals surface area contributed by atoms with Gasteiger partial charge in [0.1, 0.15) is 23.9 Å². The molecule has 9 heteroatoms. The molecular weight excluding hydrogens is 415 g/mol. The van der Waals surface area contributed by atoms with Crippen LogP contribution in [-0.4, -0.2) is 34.2 Å². The van der Waals surface area contributed by atoms with Crippen molar-refractivity contribution < 1.29 is 18.7 Å². The molecule has 0 radical (unpaired) electrons. The van der Waals surface area contributed by atoms with E-state index in [1.54, 1.807) is 50.7 Å². The zero-order valence-corrected chi connectivity index (χ0v) is 17.5. The molecule has 164 valence electrons. The number of halogens is 1. The smallest absolute Gasteiger partial charge is 0.335 e. The first kappa shape index (κ1) is 21.1. The molecule has 0 saturated heterocycles. The summed E-state index contributed by atoms with van der Waals surface area (Å²) in [5.74, 6) is 0.477. The predicted molar refractivity (Wildman–Crippen MR) is 117 cm³/mol. The molecule has 32 heavy (non-hydrogen) atoms. The standard InChI is InChI=1S/C23H21FN4O4/c1-31-18-9-10-20(32-2)15(12-18)13-26-21(29)14-27-19-4-3-11-25-22(19)28(23(27)30)17-7-5-16(24)6-8-17/h3-12H,13-14H2,1-2H3,(H,26,29). The van der Waals surface area contributed by atoms with Gasteiger partial charge < -0.3 is 14.8 Å². The van der Waals surface area contributed by atoms with Crippen molar-refractivity contribution in [1.29, 1.82) is 0 Å². The van der Waals surface area contributed by atoms with Gasteiger partial charge in [0.15, 0.2) is 5.65 Å². The molecule has 2 aromatic carbocycles. The highest BCUT2D eigenvalue weighted by molar-refractivity contribution is 5.80. The fourth-order valence-electron chi connectivity index (χ4n) is 3.47. The number of imidazole rings is 1. The van der Waals surface area contributed by atoms with E-state index in [9.17, 15) is 14.0 Å². The summed E-state index contributed by atoms with van der Waals surface area (Å²) < 4.78 is 26.6. The van der Waals surface area contributed by atoms with E-state index in [0.29, 0.717) is 28.4 Å². The Morgan fingerprint density at radius 1 is 1.09 bits per heavy atom. The number of ether oxygens (including phenoxy) is 2. The van der Waals surface area contributed by atoms with Crippen molar-refractivity contribution in [3.8, 4) is 17.2 Å². The Balaban J connectivity index is 1.61. The number of benzene rings is 2. The van der Waals surface area contributed by atoms with Crippen LogP contribution in [-0.2, 0) is 17.9 Å². The molecule has 0 aliphatic carbocycles. The number of nitrogens with zero attached hydrogens (tertiary/aromatic N) is 3. The monoisotopic (exact) mass is 436 g/mol. The average molecular weight is 436 g/mol. The largest absolute Gasteiger partial charge is 0.497 e. The summed E-state index contributed by atoms with van der Waals surface area (Å²) >= 11 is 0. The molecule has 0 atom stereocenters. The van der Waals surface area contributed by atoms with E-state index in [1.807, 2.05) is 0 Å². The molecule has 0 bridgehead atoms. The second-order valence-electron chi connectivity index (χ2n) is 6.98. The molecule has 4 aromatic rings. The lowest BCUT2D eigenvalue weighted by Crippen LogP contribution is -2.32. The fraction of sp³-hybridized carbons (Fsp3) is 0.174. The lowest BCUT2D eigenvalue weighted by atomic mass is 10.2. The van der Waals surface area contributed by atoms with Gasteiger partial charge in [0, 0.05) is 18.3 Å². The van der Waals surface area contributed by atoms with Crippen molar-refractivity contribution in [3.05, 3.63) is 82.7 Å². The fourth-order valence-corrected chi connectivity index (χ4v) is 3.47. The first-order valence-electron chi connectivity index (χ1n) is 9.81. The van der Waals surface area contributed by atoms with Crippen molar-refractivity contribution in [2.75, 3.05) is 14.2 Å². The Bertz CT molecular complexity index is 1330. The maximum Gasteiger partial charge on any atom is 0.335 e. The molecule has 2 heterocycles. The number of carbonyl (C=O) groups excluding carboxylic acids is 1. The number of pyridine rings is 1. The number of hydrogen-bond donors (Lipinski definition) is 1. The van der Waals surface area contributed by atoms with E-state index in [1.165, 1.54) is 33.4 Å². The average Bonchev–Trinajstić information content (AvgIpc) is 3.09. The van der Waals surface area contributed by atoms with E-state index in [2.05, 4.69) is 10.3 Å². The molecule has 0 fully saturated rings. The number of amides is 1. The van der Waals surface area contributed by atoms with Gasteiger partial charge in [0.25, 0.3) is 0 Å². The predicted octanol–water partition coefficient (Wildman–Crippen LogP) is 2.66. The number of carbonyl (C=O) groups is 1. The van der Waals surface area contributed by atoms with Crippen molar-refractivity contribution in [3.63, 3.8) is 0 Å². The van der Waals surface area contributed by atoms with Crippen LogP contribution in [0.1, 0.15) is 5.56 Å². The number of nitrogens with one attached hydrogen (secondary N) is 1. The number of rotatable bonds is 7. The van der Waals surface area contributed by atoms with E-state index >= 15 is 0 Å². The Labute approximate surface area is 182 Å². The molecule has 0 aliphatic heterocycles. The quantitative estimate of drug-likeness (QED) is 0.481. The van der Waals surface area contributed by atoms with E-state index in [0.717, 1.165) is 5.56 Å². The summed E-state index contributed by atoms with van der Waals surface area (Å²) in [7, 11) is 3.10. The summed E-state index contributed by atoms with van der Waals surface area (Å²) in [5, 5.41) is 2.81. The number of methoxy groups -OCH3 is 2. The third-order valence-corrected chi connectivity index (χ3v) is 5.04. The van der Waals surface area contributed by atoms with Gasteiger partial charge in [0.05, 0.1) is 25.4 Å². The summed E-state index contributed by atoms with van der Waals surface area (Å²) in [6.07, 6.45) is 1.56. The van der Waals surface area contributed by atoms with Crippen LogP contribution in [0, 0.1) is 5.82 Å². The lowest BCUT2D eigenvalue weighted by Gasteiger charge is -2.11. The maximum atomic E-state index is 13.3. The van der Waals surface area contributed by atoms with Gasteiger partial charge in [-0.1, -0.05) is 0 Å². The molecule has 0 spiro atoms. The highest BCUT2D eigenvalue weighted by Crippen LogP contribution is 2.23. The molecule has 0 saturated carbocycles. The second kappa shape index (κ2) is 8.93. The zero-order valence-electron chi connectivity index (χ0n) is 17.5. The van der Waals surface area contributed by atoms with Crippen LogP contribution < -0.4 is 20.5 Å². The summed E-state index contributed by atoms with van der Waals surface area (Å²) in [6, 6.07) is 14.2. The van der Waals surface area contributed by atoms with Crippen molar-refractivity contribution in [2.24, 2.45) is 0 Å². The zero-order chi connectivity index (χ0) is 22.7. The number of aromatic nitrogens is 3. The minimum absolute atomic E-state index is 0.197. The maximum absolute atomic E-state index is 13.3. The Kier molecular flexibility index (Phi) is 5.89. The van der Waals surface area contributed by atoms with Gasteiger partial charge in [-0.2, -0.15) is 0 Å². The van der Waals surface area contributed by atoms with Crippen LogP contribution in [0.15, 0.2) is 65.6 Å². The number of hydrogen-bond acceptors (Lipinski definition) is 5. The van der Waals surface area contributed by atoms with Crippen molar-refractivity contribution >= 4 is 17.1 Å². The van der Waals surface area contributed by atoms with E-state index < -0.39 is 11.5 Å². The SMILES string of the molecule is COc1ccc(OC)c(CNC(=O)Cn2c(=O)n(-c3ccc(F)cc3)c3ncccc32)c1. The van der Waals surface area contributed by atoms with Crippen LogP contribution in [0.2, 0.25) is 0 Å². The minimum Gasteiger partial charge on any atom is -0.497 e. The van der Waals surface area contributed by atoms with Gasteiger partial charge in [-0.25, -0.2) is 18.7 Å². The topological polar surface area (TPSA) is 87.4 Å². The Morgan fingerprint density at radius 2 is 1.88 bits per heavy atom. The van der Waals surface area contributed by atoms with Crippen molar-refractivity contribution in [2.45, 2.75) is 13.1 Å². The highest BCUT2D eigenvalue weighted by Gasteiger charge is 2.18. The van der Waals surface area contributed by atoms with Gasteiger partial charge in [-0.15, -0.1) is 0 Å². The highest BCUT2D eigenvalue weighted by atomic mass is 19.1. The Morgan fingerprint density at radius 3 is 2.59 bits per heavy atom. The molecular formula is C23H21FN4O4. The van der Waals surface area contributed by atoms with Crippen molar-refractivity contribution in [1.82, 2.24) is 19.4 Å². The second-order valence-corrected chi connectivity index (χ2v) is 6.98. The van der Waals surface area contributed by atoms with Gasteiger partial charge in [0.2, 0.25) is 5.91 Å². The lowest BCUT2D eigenvalue weighted by molar-refractivity contribution is -0.121. The van der Waals surface area contributed by atoms with E-state index in [4.69, 9.17) is 9.47 Å². The first-order valence-corrected chi connectivity index (χ1v) is 9.81. The molecule has 1 amide bonds. The normalized spacial score (nSPS) is 10.8. The molecule has 8 nitrogen and oxygen atoms in total. The van der Waals surface area contributed by atoms with Gasteiger partial charge in [-0.05, 0) is 54.6 Å². The minimum atomic E-state index is -0.445. The summed E-state index contributed by atoms with van der Waals surface area (Å²) in [6.45, 7) is -0.00961. The van der Waals surface area contributed by atoms with Crippen LogP contribution in [0.3, 0.4) is 0 Å². The van der Waals surface area contributed by atoms with Crippen LogP contribution in [0.4, 0.5) is 4.39 Å².